The molecule has 0 atom stereocenters. The zero-order chi connectivity index (χ0) is 15.8. The van der Waals surface area contributed by atoms with Crippen LogP contribution in [-0.2, 0) is 13.2 Å². The van der Waals surface area contributed by atoms with Crippen molar-refractivity contribution in [1.29, 1.82) is 0 Å². The maximum atomic E-state index is 13.6. The Bertz CT molecular complexity index is 607. The molecule has 0 fully saturated rings. The minimum absolute atomic E-state index is 0.169. The fraction of sp³-hybridized carbons (Fsp3) is 0.294. The summed E-state index contributed by atoms with van der Waals surface area (Å²) in [5.74, 6) is 0.463. The van der Waals surface area contributed by atoms with Gasteiger partial charge >= 0.3 is 0 Å². The summed E-state index contributed by atoms with van der Waals surface area (Å²) in [5.41, 5.74) is 1.52. The van der Waals surface area contributed by atoms with E-state index in [9.17, 15) is 4.39 Å². The predicted molar refractivity (Wildman–Crippen MR) is 88.3 cm³/mol. The van der Waals surface area contributed by atoms with Gasteiger partial charge < -0.3 is 15.2 Å². The molecule has 0 amide bonds. The molecule has 0 saturated heterocycles. The third-order valence-corrected chi connectivity index (χ3v) is 3.68. The van der Waals surface area contributed by atoms with Crippen LogP contribution in [0.15, 0.2) is 46.9 Å². The molecule has 22 heavy (non-hydrogen) atoms. The highest BCUT2D eigenvalue weighted by Gasteiger charge is 2.07. The van der Waals surface area contributed by atoms with Gasteiger partial charge in [0, 0.05) is 28.8 Å². The van der Waals surface area contributed by atoms with Crippen LogP contribution in [0.3, 0.4) is 0 Å². The zero-order valence-corrected chi connectivity index (χ0v) is 13.8. The molecule has 0 aliphatic rings. The van der Waals surface area contributed by atoms with E-state index >= 15 is 0 Å². The van der Waals surface area contributed by atoms with Gasteiger partial charge in [0.15, 0.2) is 0 Å². The molecule has 0 bridgehead atoms. The van der Waals surface area contributed by atoms with Crippen molar-refractivity contribution in [1.82, 2.24) is 5.32 Å². The molecule has 2 aromatic carbocycles. The number of hydrogen-bond donors (Lipinski definition) is 2. The molecule has 0 radical (unpaired) electrons. The second-order valence-electron chi connectivity index (χ2n) is 4.89. The first-order valence-corrected chi connectivity index (χ1v) is 7.96. The Labute approximate surface area is 138 Å². The van der Waals surface area contributed by atoms with Crippen molar-refractivity contribution in [3.05, 3.63) is 63.9 Å². The maximum Gasteiger partial charge on any atom is 0.129 e. The van der Waals surface area contributed by atoms with Gasteiger partial charge in [-0.25, -0.2) is 4.39 Å². The summed E-state index contributed by atoms with van der Waals surface area (Å²) in [7, 11) is 0. The first-order chi connectivity index (χ1) is 10.7. The van der Waals surface area contributed by atoms with E-state index in [4.69, 9.17) is 9.84 Å². The number of benzene rings is 2. The highest BCUT2D eigenvalue weighted by molar-refractivity contribution is 9.10. The molecule has 0 heterocycles. The molecular formula is C17H19BrFNO2. The van der Waals surface area contributed by atoms with Gasteiger partial charge in [-0.1, -0.05) is 34.1 Å². The average Bonchev–Trinajstić information content (AvgIpc) is 2.52. The SMILES string of the molecule is OCCCNCc1cc(Br)ccc1OCc1ccccc1F. The molecule has 0 aliphatic carbocycles. The van der Waals surface area contributed by atoms with Crippen molar-refractivity contribution in [3.8, 4) is 5.75 Å². The Balaban J connectivity index is 2.01. The smallest absolute Gasteiger partial charge is 0.129 e. The maximum absolute atomic E-state index is 13.6. The van der Waals surface area contributed by atoms with Gasteiger partial charge in [0.2, 0.25) is 0 Å². The molecule has 5 heteroatoms. The van der Waals surface area contributed by atoms with Crippen LogP contribution < -0.4 is 10.1 Å². The second-order valence-corrected chi connectivity index (χ2v) is 5.80. The Morgan fingerprint density at radius 3 is 2.73 bits per heavy atom. The molecule has 2 rings (SSSR count). The summed E-state index contributed by atoms with van der Waals surface area (Å²) in [6.45, 7) is 1.72. The van der Waals surface area contributed by atoms with Crippen LogP contribution in [0.5, 0.6) is 5.75 Å². The van der Waals surface area contributed by atoms with Gasteiger partial charge in [-0.2, -0.15) is 0 Å². The Morgan fingerprint density at radius 2 is 1.95 bits per heavy atom. The molecule has 0 spiro atoms. The minimum Gasteiger partial charge on any atom is -0.488 e. The van der Waals surface area contributed by atoms with Crippen LogP contribution in [0.25, 0.3) is 0 Å². The summed E-state index contributed by atoms with van der Waals surface area (Å²) >= 11 is 3.44. The number of rotatable bonds is 8. The molecule has 0 aliphatic heterocycles. The Morgan fingerprint density at radius 1 is 1.14 bits per heavy atom. The first-order valence-electron chi connectivity index (χ1n) is 7.17. The lowest BCUT2D eigenvalue weighted by molar-refractivity contribution is 0.284. The van der Waals surface area contributed by atoms with Crippen molar-refractivity contribution >= 4 is 15.9 Å². The van der Waals surface area contributed by atoms with Crippen molar-refractivity contribution in [2.45, 2.75) is 19.6 Å². The minimum atomic E-state index is -0.262. The number of nitrogens with one attached hydrogen (secondary N) is 1. The fourth-order valence-corrected chi connectivity index (χ4v) is 2.43. The van der Waals surface area contributed by atoms with E-state index < -0.39 is 0 Å². The predicted octanol–water partition coefficient (Wildman–Crippen LogP) is 3.64. The number of ether oxygens (including phenoxy) is 1. The van der Waals surface area contributed by atoms with Gasteiger partial charge in [0.05, 0.1) is 0 Å². The molecule has 2 N–H and O–H groups in total. The molecule has 3 nitrogen and oxygen atoms in total. The van der Waals surface area contributed by atoms with E-state index in [1.54, 1.807) is 18.2 Å². The van der Waals surface area contributed by atoms with Crippen LogP contribution >= 0.6 is 15.9 Å². The van der Waals surface area contributed by atoms with Crippen LogP contribution in [0, 0.1) is 5.82 Å². The highest BCUT2D eigenvalue weighted by Crippen LogP contribution is 2.24. The molecular weight excluding hydrogens is 349 g/mol. The summed E-state index contributed by atoms with van der Waals surface area (Å²) in [5, 5.41) is 12.0. The van der Waals surface area contributed by atoms with E-state index in [1.807, 2.05) is 18.2 Å². The summed E-state index contributed by atoms with van der Waals surface area (Å²) < 4.78 is 20.3. The lowest BCUT2D eigenvalue weighted by Gasteiger charge is -2.13. The normalized spacial score (nSPS) is 10.7. The Kier molecular flexibility index (Phi) is 6.83. The summed E-state index contributed by atoms with van der Waals surface area (Å²) in [6.07, 6.45) is 0.708. The monoisotopic (exact) mass is 367 g/mol. The standard InChI is InChI=1S/C17H19BrFNO2/c18-15-6-7-17(14(10-15)11-20-8-3-9-21)22-12-13-4-1-2-5-16(13)19/h1-2,4-7,10,20-21H,3,8-9,11-12H2. The lowest BCUT2D eigenvalue weighted by Crippen LogP contribution is -2.16. The molecule has 0 saturated carbocycles. The zero-order valence-electron chi connectivity index (χ0n) is 12.2. The fourth-order valence-electron chi connectivity index (χ4n) is 2.03. The first kappa shape index (κ1) is 16.9. The number of aliphatic hydroxyl groups is 1. The van der Waals surface area contributed by atoms with Crippen LogP contribution in [0.2, 0.25) is 0 Å². The molecule has 2 aromatic rings. The van der Waals surface area contributed by atoms with E-state index in [2.05, 4.69) is 21.2 Å². The number of hydrogen-bond acceptors (Lipinski definition) is 3. The highest BCUT2D eigenvalue weighted by atomic mass is 79.9. The number of halogens is 2. The van der Waals surface area contributed by atoms with E-state index in [0.717, 1.165) is 22.3 Å². The third-order valence-electron chi connectivity index (χ3n) is 3.19. The third kappa shape index (κ3) is 5.09. The van der Waals surface area contributed by atoms with Crippen molar-refractivity contribution in [3.63, 3.8) is 0 Å². The summed E-state index contributed by atoms with van der Waals surface area (Å²) in [4.78, 5) is 0. The topological polar surface area (TPSA) is 41.5 Å². The quantitative estimate of drug-likeness (QED) is 0.699. The van der Waals surface area contributed by atoms with Gasteiger partial charge in [-0.05, 0) is 37.2 Å². The Hall–Kier alpha value is -1.43. The van der Waals surface area contributed by atoms with Crippen molar-refractivity contribution in [2.75, 3.05) is 13.2 Å². The molecule has 0 unspecified atom stereocenters. The molecule has 118 valence electrons. The van der Waals surface area contributed by atoms with Gasteiger partial charge in [-0.3, -0.25) is 0 Å². The van der Waals surface area contributed by atoms with E-state index in [-0.39, 0.29) is 19.0 Å². The van der Waals surface area contributed by atoms with Crippen LogP contribution in [0.1, 0.15) is 17.5 Å². The lowest BCUT2D eigenvalue weighted by atomic mass is 10.2. The van der Waals surface area contributed by atoms with Crippen molar-refractivity contribution < 1.29 is 14.2 Å². The second kappa shape index (κ2) is 8.88. The molecule has 0 aromatic heterocycles. The summed E-state index contributed by atoms with van der Waals surface area (Å²) in [6, 6.07) is 12.3. The largest absolute Gasteiger partial charge is 0.488 e. The van der Waals surface area contributed by atoms with E-state index in [1.165, 1.54) is 6.07 Å². The van der Waals surface area contributed by atoms with Crippen molar-refractivity contribution in [2.24, 2.45) is 0 Å². The average molecular weight is 368 g/mol. The van der Waals surface area contributed by atoms with Crippen LogP contribution in [-0.4, -0.2) is 18.3 Å². The van der Waals surface area contributed by atoms with Crippen LogP contribution in [0.4, 0.5) is 4.39 Å². The van der Waals surface area contributed by atoms with Gasteiger partial charge in [0.1, 0.15) is 18.2 Å². The van der Waals surface area contributed by atoms with Gasteiger partial charge in [-0.15, -0.1) is 0 Å². The van der Waals surface area contributed by atoms with E-state index in [0.29, 0.717) is 18.5 Å². The van der Waals surface area contributed by atoms with Gasteiger partial charge in [0.25, 0.3) is 0 Å². The number of aliphatic hydroxyl groups excluding tert-OH is 1.